The van der Waals surface area contributed by atoms with Crippen molar-refractivity contribution in [1.29, 1.82) is 0 Å². The average Bonchev–Trinajstić information content (AvgIpc) is 3.30. The van der Waals surface area contributed by atoms with Crippen molar-refractivity contribution in [3.8, 4) is 0 Å². The van der Waals surface area contributed by atoms with Crippen LogP contribution in [-0.4, -0.2) is 20.4 Å². The average molecular weight is 385 g/mol. The maximum absolute atomic E-state index is 12.3. The first-order chi connectivity index (χ1) is 11.3. The van der Waals surface area contributed by atoms with E-state index in [1.165, 1.54) is 18.2 Å². The fourth-order valence-corrected chi connectivity index (χ4v) is 4.13. The number of nitrogens with one attached hydrogen (secondary N) is 2. The van der Waals surface area contributed by atoms with Crippen molar-refractivity contribution in [1.82, 2.24) is 4.72 Å². The maximum atomic E-state index is 12.3. The largest absolute Gasteiger partial charge is 0.322 e. The van der Waals surface area contributed by atoms with Gasteiger partial charge >= 0.3 is 0 Å². The molecule has 2 aromatic carbocycles. The lowest BCUT2D eigenvalue weighted by Gasteiger charge is -2.10. The van der Waals surface area contributed by atoms with Crippen molar-refractivity contribution < 1.29 is 13.2 Å². The molecule has 0 aliphatic heterocycles. The third-order valence-corrected chi connectivity index (χ3v) is 5.70. The topological polar surface area (TPSA) is 75.3 Å². The predicted octanol–water partition coefficient (Wildman–Crippen LogP) is 3.69. The second-order valence-electron chi connectivity index (χ2n) is 5.51. The molecule has 1 fully saturated rings. The Morgan fingerprint density at radius 3 is 2.50 bits per heavy atom. The molecule has 0 saturated heterocycles. The van der Waals surface area contributed by atoms with Crippen LogP contribution in [0.4, 0.5) is 5.69 Å². The van der Waals surface area contributed by atoms with Crippen molar-refractivity contribution in [2.45, 2.75) is 23.8 Å². The number of hydrogen-bond acceptors (Lipinski definition) is 3. The first-order valence-electron chi connectivity index (χ1n) is 7.24. The minimum Gasteiger partial charge on any atom is -0.322 e. The highest BCUT2D eigenvalue weighted by Crippen LogP contribution is 2.27. The van der Waals surface area contributed by atoms with Crippen LogP contribution in [0.3, 0.4) is 0 Å². The van der Waals surface area contributed by atoms with Crippen molar-refractivity contribution in [3.05, 3.63) is 58.1 Å². The SMILES string of the molecule is O=C(Nc1cccc(Cl)c1)c1ccc(Cl)c(S(=O)(=O)NC2CC2)c1. The predicted molar refractivity (Wildman–Crippen MR) is 94.2 cm³/mol. The van der Waals surface area contributed by atoms with Gasteiger partial charge in [-0.25, -0.2) is 13.1 Å². The van der Waals surface area contributed by atoms with E-state index < -0.39 is 15.9 Å². The minimum absolute atomic E-state index is 0.0463. The molecule has 24 heavy (non-hydrogen) atoms. The van der Waals surface area contributed by atoms with Crippen LogP contribution >= 0.6 is 23.2 Å². The fourth-order valence-electron chi connectivity index (χ4n) is 2.10. The Morgan fingerprint density at radius 2 is 1.83 bits per heavy atom. The summed E-state index contributed by atoms with van der Waals surface area (Å²) in [6, 6.07) is 10.8. The zero-order chi connectivity index (χ0) is 17.3. The van der Waals surface area contributed by atoms with E-state index in [-0.39, 0.29) is 21.5 Å². The van der Waals surface area contributed by atoms with Gasteiger partial charge in [-0.2, -0.15) is 0 Å². The molecule has 3 rings (SSSR count). The Hall–Kier alpha value is -1.60. The van der Waals surface area contributed by atoms with Gasteiger partial charge in [0.2, 0.25) is 10.0 Å². The van der Waals surface area contributed by atoms with Crippen LogP contribution in [0.2, 0.25) is 10.0 Å². The van der Waals surface area contributed by atoms with Gasteiger partial charge in [-0.05, 0) is 49.2 Å². The molecule has 0 atom stereocenters. The molecule has 0 bridgehead atoms. The van der Waals surface area contributed by atoms with Gasteiger partial charge in [0.1, 0.15) is 4.90 Å². The molecule has 0 unspecified atom stereocenters. The summed E-state index contributed by atoms with van der Waals surface area (Å²) in [6.07, 6.45) is 1.62. The number of carbonyl (C=O) groups is 1. The molecule has 1 amide bonds. The lowest BCUT2D eigenvalue weighted by Crippen LogP contribution is -2.26. The number of amides is 1. The van der Waals surface area contributed by atoms with Crippen LogP contribution < -0.4 is 10.0 Å². The molecule has 8 heteroatoms. The summed E-state index contributed by atoms with van der Waals surface area (Å²) in [5.41, 5.74) is 0.707. The molecule has 126 valence electrons. The van der Waals surface area contributed by atoms with Gasteiger partial charge in [-0.15, -0.1) is 0 Å². The van der Waals surface area contributed by atoms with Crippen LogP contribution in [0.5, 0.6) is 0 Å². The maximum Gasteiger partial charge on any atom is 0.255 e. The van der Waals surface area contributed by atoms with E-state index >= 15 is 0 Å². The molecule has 1 aliphatic rings. The summed E-state index contributed by atoms with van der Waals surface area (Å²) in [6.45, 7) is 0. The molecule has 0 aromatic heterocycles. The first kappa shape index (κ1) is 17.2. The summed E-state index contributed by atoms with van der Waals surface area (Å²) in [5.74, 6) is -0.447. The van der Waals surface area contributed by atoms with Gasteiger partial charge in [0.15, 0.2) is 0 Å². The number of benzene rings is 2. The monoisotopic (exact) mass is 384 g/mol. The smallest absolute Gasteiger partial charge is 0.255 e. The van der Waals surface area contributed by atoms with Crippen molar-refractivity contribution >= 4 is 44.8 Å². The molecule has 0 spiro atoms. The van der Waals surface area contributed by atoms with E-state index in [0.717, 1.165) is 12.8 Å². The normalized spacial score (nSPS) is 14.4. The standard InChI is InChI=1S/C16H14Cl2N2O3S/c17-11-2-1-3-13(9-11)19-16(21)10-4-7-14(18)15(8-10)24(22,23)20-12-5-6-12/h1-4,7-9,12,20H,5-6H2,(H,19,21). The van der Waals surface area contributed by atoms with Crippen molar-refractivity contribution in [2.75, 3.05) is 5.32 Å². The van der Waals surface area contributed by atoms with Crippen LogP contribution in [0, 0.1) is 0 Å². The van der Waals surface area contributed by atoms with Gasteiger partial charge in [0, 0.05) is 22.3 Å². The fraction of sp³-hybridized carbons (Fsp3) is 0.188. The molecular weight excluding hydrogens is 371 g/mol. The summed E-state index contributed by atoms with van der Waals surface area (Å²) >= 11 is 11.9. The number of carbonyl (C=O) groups excluding carboxylic acids is 1. The minimum atomic E-state index is -3.75. The Kier molecular flexibility index (Phi) is 4.83. The summed E-state index contributed by atoms with van der Waals surface area (Å²) < 4.78 is 27.2. The van der Waals surface area contributed by atoms with Crippen LogP contribution in [0.1, 0.15) is 23.2 Å². The van der Waals surface area contributed by atoms with E-state index in [2.05, 4.69) is 10.0 Å². The highest BCUT2D eigenvalue weighted by molar-refractivity contribution is 7.89. The highest BCUT2D eigenvalue weighted by Gasteiger charge is 2.29. The van der Waals surface area contributed by atoms with Gasteiger partial charge in [0.05, 0.1) is 5.02 Å². The number of halogens is 2. The highest BCUT2D eigenvalue weighted by atomic mass is 35.5. The van der Waals surface area contributed by atoms with Crippen LogP contribution in [0.25, 0.3) is 0 Å². The molecular formula is C16H14Cl2N2O3S. The molecule has 2 N–H and O–H groups in total. The number of hydrogen-bond donors (Lipinski definition) is 2. The molecule has 1 saturated carbocycles. The van der Waals surface area contributed by atoms with E-state index in [1.54, 1.807) is 24.3 Å². The zero-order valence-corrected chi connectivity index (χ0v) is 14.8. The van der Waals surface area contributed by atoms with Crippen molar-refractivity contribution in [2.24, 2.45) is 0 Å². The first-order valence-corrected chi connectivity index (χ1v) is 9.48. The van der Waals surface area contributed by atoms with E-state index in [9.17, 15) is 13.2 Å². The lowest BCUT2D eigenvalue weighted by atomic mass is 10.2. The number of anilines is 1. The number of rotatable bonds is 5. The number of sulfonamides is 1. The Labute approximate surface area is 150 Å². The van der Waals surface area contributed by atoms with Gasteiger partial charge in [-0.1, -0.05) is 29.3 Å². The van der Waals surface area contributed by atoms with Crippen molar-refractivity contribution in [3.63, 3.8) is 0 Å². The van der Waals surface area contributed by atoms with E-state index in [0.29, 0.717) is 10.7 Å². The second kappa shape index (κ2) is 6.72. The van der Waals surface area contributed by atoms with E-state index in [1.807, 2.05) is 0 Å². The lowest BCUT2D eigenvalue weighted by molar-refractivity contribution is 0.102. The van der Waals surface area contributed by atoms with Gasteiger partial charge < -0.3 is 5.32 Å². The third kappa shape index (κ3) is 4.08. The van der Waals surface area contributed by atoms with E-state index in [4.69, 9.17) is 23.2 Å². The summed E-state index contributed by atoms with van der Waals surface area (Å²) in [5, 5.41) is 3.23. The third-order valence-electron chi connectivity index (χ3n) is 3.46. The second-order valence-corrected chi connectivity index (χ2v) is 8.03. The molecule has 0 heterocycles. The van der Waals surface area contributed by atoms with Crippen LogP contribution in [0.15, 0.2) is 47.4 Å². The summed E-state index contributed by atoms with van der Waals surface area (Å²) in [4.78, 5) is 12.2. The summed E-state index contributed by atoms with van der Waals surface area (Å²) in [7, 11) is -3.75. The van der Waals surface area contributed by atoms with Gasteiger partial charge in [-0.3, -0.25) is 4.79 Å². The van der Waals surface area contributed by atoms with Crippen LogP contribution in [-0.2, 0) is 10.0 Å². The zero-order valence-electron chi connectivity index (χ0n) is 12.4. The molecule has 2 aromatic rings. The van der Waals surface area contributed by atoms with Gasteiger partial charge in [0.25, 0.3) is 5.91 Å². The molecule has 5 nitrogen and oxygen atoms in total. The Morgan fingerprint density at radius 1 is 1.08 bits per heavy atom. The molecule has 1 aliphatic carbocycles. The molecule has 0 radical (unpaired) electrons. The Bertz CT molecular complexity index is 896. The Balaban J connectivity index is 1.86. The quantitative estimate of drug-likeness (QED) is 0.825.